The Bertz CT molecular complexity index is 1430. The largest absolute Gasteiger partial charge is 0.393 e. The Balaban J connectivity index is 1.25. The summed E-state index contributed by atoms with van der Waals surface area (Å²) in [6.45, 7) is 4.81. The van der Waals surface area contributed by atoms with Crippen LogP contribution in [-0.2, 0) is 11.3 Å². The van der Waals surface area contributed by atoms with E-state index in [9.17, 15) is 14.7 Å². The lowest BCUT2D eigenvalue weighted by molar-refractivity contribution is -0.122. The van der Waals surface area contributed by atoms with Gasteiger partial charge in [-0.25, -0.2) is 4.98 Å². The number of hydrogen-bond donors (Lipinski definition) is 2. The van der Waals surface area contributed by atoms with Crippen molar-refractivity contribution in [2.24, 2.45) is 5.92 Å². The molecule has 2 atom stereocenters. The molecule has 8 heteroatoms. The van der Waals surface area contributed by atoms with Crippen molar-refractivity contribution in [3.05, 3.63) is 63.4 Å². The molecular formula is C31H37ClN4O3. The zero-order chi connectivity index (χ0) is 27.3. The van der Waals surface area contributed by atoms with Crippen LogP contribution >= 0.6 is 11.6 Å². The predicted octanol–water partition coefficient (Wildman–Crippen LogP) is 4.72. The van der Waals surface area contributed by atoms with Crippen molar-refractivity contribution >= 4 is 28.4 Å². The first-order valence-corrected chi connectivity index (χ1v) is 14.7. The molecule has 0 radical (unpaired) electrons. The Morgan fingerprint density at radius 3 is 2.54 bits per heavy atom. The van der Waals surface area contributed by atoms with E-state index in [1.54, 1.807) is 12.1 Å². The van der Waals surface area contributed by atoms with E-state index >= 15 is 0 Å². The smallest absolute Gasteiger partial charge is 0.262 e. The second-order valence-electron chi connectivity index (χ2n) is 12.1. The minimum Gasteiger partial charge on any atom is -0.393 e. The number of carbonyl (C=O) groups excluding carboxylic acids is 1. The third-order valence-corrected chi connectivity index (χ3v) is 9.08. The number of nitrogens with one attached hydrogen (secondary N) is 1. The highest BCUT2D eigenvalue weighted by atomic mass is 35.5. The molecule has 3 fully saturated rings. The van der Waals surface area contributed by atoms with E-state index in [2.05, 4.69) is 16.3 Å². The van der Waals surface area contributed by atoms with Crippen molar-refractivity contribution in [2.75, 3.05) is 6.54 Å². The van der Waals surface area contributed by atoms with Crippen LogP contribution in [0.4, 0.5) is 0 Å². The first-order chi connectivity index (χ1) is 18.7. The van der Waals surface area contributed by atoms with E-state index in [1.807, 2.05) is 38.1 Å². The number of nitrogens with zero attached hydrogens (tertiary/aromatic N) is 3. The standard InChI is InChI=1S/C31H37ClN4O3/c1-18(2)33-29(38)17-36-30(21-4-3-5-23(32)12-21)34-28-9-6-20(13-27(28)31(36)39)22-10-19(11-22)16-35-24-7-8-25(35)15-26(37)14-24/h3-6,9,12-13,18-19,22,24-26,37H,7-8,10-11,14-17H2,1-2H3,(H,33,38). The lowest BCUT2D eigenvalue weighted by Crippen LogP contribution is -2.48. The summed E-state index contributed by atoms with van der Waals surface area (Å²) in [6, 6.07) is 14.3. The summed E-state index contributed by atoms with van der Waals surface area (Å²) in [5, 5.41) is 14.1. The van der Waals surface area contributed by atoms with Gasteiger partial charge >= 0.3 is 0 Å². The molecule has 2 bridgehead atoms. The van der Waals surface area contributed by atoms with Crippen LogP contribution in [0.5, 0.6) is 0 Å². The second-order valence-corrected chi connectivity index (χ2v) is 12.5. The summed E-state index contributed by atoms with van der Waals surface area (Å²) in [5.74, 6) is 1.29. The van der Waals surface area contributed by atoms with E-state index in [1.165, 1.54) is 23.0 Å². The number of carbonyl (C=O) groups is 1. The summed E-state index contributed by atoms with van der Waals surface area (Å²) in [5.41, 5.74) is 2.28. The minimum absolute atomic E-state index is 0.0281. The molecule has 3 aromatic rings. The average molecular weight is 549 g/mol. The summed E-state index contributed by atoms with van der Waals surface area (Å²) in [4.78, 5) is 34.0. The number of piperidine rings is 1. The second kappa shape index (κ2) is 10.7. The fourth-order valence-corrected chi connectivity index (χ4v) is 7.19. The lowest BCUT2D eigenvalue weighted by atomic mass is 9.71. The van der Waals surface area contributed by atoms with Crippen LogP contribution in [0.2, 0.25) is 5.02 Å². The molecule has 1 aromatic heterocycles. The normalized spacial score (nSPS) is 26.6. The van der Waals surface area contributed by atoms with Gasteiger partial charge in [0.15, 0.2) is 0 Å². The molecular weight excluding hydrogens is 512 g/mol. The highest BCUT2D eigenvalue weighted by molar-refractivity contribution is 6.30. The van der Waals surface area contributed by atoms with Crippen molar-refractivity contribution in [1.82, 2.24) is 19.8 Å². The molecule has 1 amide bonds. The third-order valence-electron chi connectivity index (χ3n) is 8.85. The van der Waals surface area contributed by atoms with Crippen molar-refractivity contribution in [1.29, 1.82) is 0 Å². The zero-order valence-electron chi connectivity index (χ0n) is 22.6. The number of rotatable bonds is 7. The number of aliphatic hydroxyl groups is 1. The molecule has 1 aliphatic carbocycles. The molecule has 2 N–H and O–H groups in total. The maximum Gasteiger partial charge on any atom is 0.262 e. The van der Waals surface area contributed by atoms with Crippen LogP contribution in [-0.4, -0.2) is 56.2 Å². The first-order valence-electron chi connectivity index (χ1n) is 14.3. The highest BCUT2D eigenvalue weighted by Crippen LogP contribution is 2.45. The predicted molar refractivity (Wildman–Crippen MR) is 154 cm³/mol. The molecule has 2 saturated heterocycles. The summed E-state index contributed by atoms with van der Waals surface area (Å²) >= 11 is 6.25. The highest BCUT2D eigenvalue weighted by Gasteiger charge is 2.42. The number of hydrogen-bond acceptors (Lipinski definition) is 5. The van der Waals surface area contributed by atoms with Gasteiger partial charge in [-0.15, -0.1) is 0 Å². The van der Waals surface area contributed by atoms with Crippen molar-refractivity contribution in [3.63, 3.8) is 0 Å². The van der Waals surface area contributed by atoms with Gasteiger partial charge in [0.25, 0.3) is 5.56 Å². The maximum absolute atomic E-state index is 13.8. The fraction of sp³-hybridized carbons (Fsp3) is 0.516. The van der Waals surface area contributed by atoms with Crippen LogP contribution in [0.1, 0.15) is 63.9 Å². The summed E-state index contributed by atoms with van der Waals surface area (Å²) < 4.78 is 1.47. The van der Waals surface area contributed by atoms with E-state index in [0.29, 0.717) is 51.2 Å². The Morgan fingerprint density at radius 2 is 1.85 bits per heavy atom. The van der Waals surface area contributed by atoms with Crippen molar-refractivity contribution in [3.8, 4) is 11.4 Å². The molecule has 39 heavy (non-hydrogen) atoms. The summed E-state index contributed by atoms with van der Waals surface area (Å²) in [7, 11) is 0. The Hall–Kier alpha value is -2.74. The molecule has 6 rings (SSSR count). The van der Waals surface area contributed by atoms with Crippen molar-refractivity contribution < 1.29 is 9.90 Å². The minimum atomic E-state index is -0.228. The fourth-order valence-electron chi connectivity index (χ4n) is 7.00. The quantitative estimate of drug-likeness (QED) is 0.446. The zero-order valence-corrected chi connectivity index (χ0v) is 23.4. The monoisotopic (exact) mass is 548 g/mol. The first kappa shape index (κ1) is 26.5. The Kier molecular flexibility index (Phi) is 7.25. The van der Waals surface area contributed by atoms with Gasteiger partial charge in [0.2, 0.25) is 5.91 Å². The topological polar surface area (TPSA) is 87.5 Å². The number of fused-ring (bicyclic) bond motifs is 3. The van der Waals surface area contributed by atoms with Crippen LogP contribution < -0.4 is 10.9 Å². The SMILES string of the molecule is CC(C)NC(=O)Cn1c(-c2cccc(Cl)c2)nc2ccc(C3CC(CN4C5CCC4CC(O)C5)C3)cc2c1=O. The van der Waals surface area contributed by atoms with Crippen LogP contribution in [0.15, 0.2) is 47.3 Å². The molecule has 0 spiro atoms. The Labute approximate surface area is 234 Å². The van der Waals surface area contributed by atoms with E-state index in [4.69, 9.17) is 16.6 Å². The molecule has 2 unspecified atom stereocenters. The van der Waals surface area contributed by atoms with Gasteiger partial charge in [0, 0.05) is 35.3 Å². The molecule has 2 aliphatic heterocycles. The number of benzene rings is 2. The van der Waals surface area contributed by atoms with E-state index < -0.39 is 0 Å². The van der Waals surface area contributed by atoms with Gasteiger partial charge in [-0.05, 0) is 94.0 Å². The van der Waals surface area contributed by atoms with E-state index in [0.717, 1.165) is 32.2 Å². The van der Waals surface area contributed by atoms with Gasteiger partial charge in [0.1, 0.15) is 12.4 Å². The van der Waals surface area contributed by atoms with Crippen LogP contribution in [0, 0.1) is 5.92 Å². The van der Waals surface area contributed by atoms with Crippen molar-refractivity contribution in [2.45, 2.75) is 89.1 Å². The van der Waals surface area contributed by atoms with Crippen LogP contribution in [0.25, 0.3) is 22.3 Å². The van der Waals surface area contributed by atoms with Gasteiger partial charge in [-0.3, -0.25) is 19.1 Å². The Morgan fingerprint density at radius 1 is 1.10 bits per heavy atom. The lowest BCUT2D eigenvalue weighted by Gasteiger charge is -2.44. The van der Waals surface area contributed by atoms with E-state index in [-0.39, 0.29) is 30.2 Å². The number of aliphatic hydroxyl groups excluding tert-OH is 1. The average Bonchev–Trinajstić information content (AvgIpc) is 3.10. The molecule has 2 aromatic carbocycles. The molecule has 206 valence electrons. The van der Waals surface area contributed by atoms with Gasteiger partial charge in [-0.2, -0.15) is 0 Å². The molecule has 1 saturated carbocycles. The third kappa shape index (κ3) is 5.37. The van der Waals surface area contributed by atoms with Crippen LogP contribution in [0.3, 0.4) is 0 Å². The molecule has 3 aliphatic rings. The molecule has 7 nitrogen and oxygen atoms in total. The van der Waals surface area contributed by atoms with Gasteiger partial charge in [0.05, 0.1) is 17.0 Å². The maximum atomic E-state index is 13.8. The number of halogens is 1. The number of amides is 1. The molecule has 3 heterocycles. The summed E-state index contributed by atoms with van der Waals surface area (Å²) in [6.07, 6.45) is 6.37. The number of aromatic nitrogens is 2. The van der Waals surface area contributed by atoms with Gasteiger partial charge in [-0.1, -0.05) is 29.8 Å². The van der Waals surface area contributed by atoms with Gasteiger partial charge < -0.3 is 10.4 Å².